The van der Waals surface area contributed by atoms with Gasteiger partial charge in [-0.15, -0.1) is 11.8 Å². The van der Waals surface area contributed by atoms with E-state index in [-0.39, 0.29) is 5.56 Å². The Labute approximate surface area is 107 Å². The van der Waals surface area contributed by atoms with Crippen LogP contribution in [-0.4, -0.2) is 20.9 Å². The molecule has 18 heavy (non-hydrogen) atoms. The molecule has 0 aliphatic heterocycles. The van der Waals surface area contributed by atoms with Gasteiger partial charge < -0.3 is 5.11 Å². The summed E-state index contributed by atoms with van der Waals surface area (Å²) in [6.45, 7) is 0. The molecular weight excluding hydrogens is 255 g/mol. The molecule has 1 N–H and O–H groups in total. The summed E-state index contributed by atoms with van der Waals surface area (Å²) in [5.41, 5.74) is 0.0861. The molecule has 0 amide bonds. The largest absolute Gasteiger partial charge is 0.478 e. The number of carboxylic acids is 1. The topological polar surface area (TPSA) is 55.1 Å². The molecule has 0 radical (unpaired) electrons. The zero-order chi connectivity index (χ0) is 13.1. The molecule has 6 heteroatoms. The molecule has 0 aliphatic rings. The van der Waals surface area contributed by atoms with Crippen LogP contribution >= 0.6 is 11.8 Å². The third kappa shape index (κ3) is 2.70. The Kier molecular flexibility index (Phi) is 3.66. The number of hydrogen-bond donors (Lipinski definition) is 1. The average molecular weight is 266 g/mol. The van der Waals surface area contributed by atoms with Crippen LogP contribution in [0.2, 0.25) is 0 Å². The van der Waals surface area contributed by atoms with E-state index in [0.29, 0.717) is 11.3 Å². The minimum atomic E-state index is -1.25. The van der Waals surface area contributed by atoms with Gasteiger partial charge in [0.1, 0.15) is 5.82 Å². The minimum absolute atomic E-state index is 0.292. The molecule has 2 rings (SSSR count). The number of rotatable bonds is 4. The van der Waals surface area contributed by atoms with Gasteiger partial charge >= 0.3 is 5.97 Å². The summed E-state index contributed by atoms with van der Waals surface area (Å²) in [5, 5.41) is 12.8. The molecule has 0 aliphatic carbocycles. The predicted molar refractivity (Wildman–Crippen MR) is 66.1 cm³/mol. The van der Waals surface area contributed by atoms with Crippen molar-refractivity contribution in [1.29, 1.82) is 0 Å². The third-order valence-electron chi connectivity index (χ3n) is 2.38. The van der Waals surface area contributed by atoms with Gasteiger partial charge in [-0.3, -0.25) is 4.68 Å². The number of hydrogen-bond acceptors (Lipinski definition) is 3. The first-order valence-electron chi connectivity index (χ1n) is 5.20. The third-order valence-corrected chi connectivity index (χ3v) is 3.38. The summed E-state index contributed by atoms with van der Waals surface area (Å²) in [6, 6.07) is 4.40. The van der Waals surface area contributed by atoms with E-state index in [1.807, 2.05) is 6.20 Å². The summed E-state index contributed by atoms with van der Waals surface area (Å²) in [6.07, 6.45) is 3.51. The first-order valence-corrected chi connectivity index (χ1v) is 6.18. The SMILES string of the molecule is Cn1cc(SCc2cccc(C(=O)O)c2F)cn1. The van der Waals surface area contributed by atoms with Gasteiger partial charge in [-0.1, -0.05) is 12.1 Å². The predicted octanol–water partition coefficient (Wildman–Crippen LogP) is 2.55. The Morgan fingerprint density at radius 3 is 2.94 bits per heavy atom. The highest BCUT2D eigenvalue weighted by Crippen LogP contribution is 2.24. The monoisotopic (exact) mass is 266 g/mol. The zero-order valence-corrected chi connectivity index (χ0v) is 10.4. The number of halogens is 1. The molecule has 2 aromatic rings. The second kappa shape index (κ2) is 5.22. The molecule has 1 aromatic heterocycles. The summed E-state index contributed by atoms with van der Waals surface area (Å²) in [7, 11) is 1.80. The number of carboxylic acid groups (broad SMARTS) is 1. The van der Waals surface area contributed by atoms with Crippen LogP contribution in [0.15, 0.2) is 35.5 Å². The first-order chi connectivity index (χ1) is 8.58. The molecule has 0 saturated heterocycles. The number of aromatic nitrogens is 2. The van der Waals surface area contributed by atoms with Crippen molar-refractivity contribution >= 4 is 17.7 Å². The normalized spacial score (nSPS) is 10.6. The Bertz CT molecular complexity index is 583. The molecule has 0 spiro atoms. The highest BCUT2D eigenvalue weighted by Gasteiger charge is 2.13. The highest BCUT2D eigenvalue weighted by atomic mass is 32.2. The van der Waals surface area contributed by atoms with Crippen LogP contribution in [0.25, 0.3) is 0 Å². The van der Waals surface area contributed by atoms with Crippen LogP contribution < -0.4 is 0 Å². The number of nitrogens with zero attached hydrogens (tertiary/aromatic N) is 2. The van der Waals surface area contributed by atoms with E-state index in [2.05, 4.69) is 5.10 Å². The van der Waals surface area contributed by atoms with Gasteiger partial charge in [0.25, 0.3) is 0 Å². The van der Waals surface area contributed by atoms with Crippen LogP contribution in [0.1, 0.15) is 15.9 Å². The Morgan fingerprint density at radius 1 is 1.56 bits per heavy atom. The lowest BCUT2D eigenvalue weighted by molar-refractivity contribution is 0.0691. The van der Waals surface area contributed by atoms with Crippen LogP contribution in [0.5, 0.6) is 0 Å². The van der Waals surface area contributed by atoms with Crippen molar-refractivity contribution in [1.82, 2.24) is 9.78 Å². The summed E-state index contributed by atoms with van der Waals surface area (Å²) < 4.78 is 15.5. The number of aromatic carboxylic acids is 1. The first kappa shape index (κ1) is 12.6. The van der Waals surface area contributed by atoms with Gasteiger partial charge in [0.15, 0.2) is 0 Å². The van der Waals surface area contributed by atoms with E-state index < -0.39 is 11.8 Å². The van der Waals surface area contributed by atoms with E-state index in [1.165, 1.54) is 17.8 Å². The molecule has 4 nitrogen and oxygen atoms in total. The molecule has 0 fully saturated rings. The number of benzene rings is 1. The van der Waals surface area contributed by atoms with E-state index in [4.69, 9.17) is 5.11 Å². The second-order valence-electron chi connectivity index (χ2n) is 3.72. The second-order valence-corrected chi connectivity index (χ2v) is 4.77. The maximum atomic E-state index is 13.8. The van der Waals surface area contributed by atoms with Crippen LogP contribution in [-0.2, 0) is 12.8 Å². The number of aryl methyl sites for hydroxylation is 1. The Hall–Kier alpha value is -1.82. The fraction of sp³-hybridized carbons (Fsp3) is 0.167. The van der Waals surface area contributed by atoms with Crippen molar-refractivity contribution in [2.75, 3.05) is 0 Å². The summed E-state index contributed by atoms with van der Waals surface area (Å²) in [4.78, 5) is 11.7. The summed E-state index contributed by atoms with van der Waals surface area (Å²) in [5.74, 6) is -1.54. The van der Waals surface area contributed by atoms with Gasteiger partial charge in [-0.2, -0.15) is 5.10 Å². The van der Waals surface area contributed by atoms with E-state index in [1.54, 1.807) is 30.1 Å². The Balaban J connectivity index is 2.14. The van der Waals surface area contributed by atoms with Crippen LogP contribution in [0.4, 0.5) is 4.39 Å². The fourth-order valence-electron chi connectivity index (χ4n) is 1.49. The van der Waals surface area contributed by atoms with E-state index >= 15 is 0 Å². The lowest BCUT2D eigenvalue weighted by Gasteiger charge is -2.04. The van der Waals surface area contributed by atoms with E-state index in [0.717, 1.165) is 4.90 Å². The lowest BCUT2D eigenvalue weighted by atomic mass is 10.1. The standard InChI is InChI=1S/C12H11FN2O2S/c1-15-6-9(5-14-15)18-7-8-3-2-4-10(11(8)13)12(16)17/h2-6H,7H2,1H3,(H,16,17). The number of carbonyl (C=O) groups is 1. The molecule has 1 aromatic carbocycles. The zero-order valence-electron chi connectivity index (χ0n) is 9.63. The smallest absolute Gasteiger partial charge is 0.338 e. The minimum Gasteiger partial charge on any atom is -0.478 e. The van der Waals surface area contributed by atoms with Gasteiger partial charge in [0.05, 0.1) is 11.8 Å². The van der Waals surface area contributed by atoms with Gasteiger partial charge in [-0.05, 0) is 11.6 Å². The van der Waals surface area contributed by atoms with Crippen molar-refractivity contribution in [3.63, 3.8) is 0 Å². The van der Waals surface area contributed by atoms with Crippen molar-refractivity contribution in [2.45, 2.75) is 10.6 Å². The van der Waals surface area contributed by atoms with Crippen molar-refractivity contribution in [3.05, 3.63) is 47.5 Å². The van der Waals surface area contributed by atoms with Gasteiger partial charge in [0, 0.05) is 23.9 Å². The molecule has 0 saturated carbocycles. The maximum absolute atomic E-state index is 13.8. The van der Waals surface area contributed by atoms with Crippen molar-refractivity contribution in [3.8, 4) is 0 Å². The fourth-order valence-corrected chi connectivity index (χ4v) is 2.38. The lowest BCUT2D eigenvalue weighted by Crippen LogP contribution is -2.02. The van der Waals surface area contributed by atoms with Gasteiger partial charge in [-0.25, -0.2) is 9.18 Å². The van der Waals surface area contributed by atoms with Crippen molar-refractivity contribution < 1.29 is 14.3 Å². The van der Waals surface area contributed by atoms with Gasteiger partial charge in [0.2, 0.25) is 0 Å². The molecule has 1 heterocycles. The molecular formula is C12H11FN2O2S. The average Bonchev–Trinajstić information content (AvgIpc) is 2.73. The molecule has 94 valence electrons. The summed E-state index contributed by atoms with van der Waals surface area (Å²) >= 11 is 1.41. The van der Waals surface area contributed by atoms with Crippen LogP contribution in [0, 0.1) is 5.82 Å². The van der Waals surface area contributed by atoms with Crippen molar-refractivity contribution in [2.24, 2.45) is 7.05 Å². The Morgan fingerprint density at radius 2 is 2.33 bits per heavy atom. The molecule has 0 bridgehead atoms. The number of thioether (sulfide) groups is 1. The molecule has 0 unspecified atom stereocenters. The van der Waals surface area contributed by atoms with Crippen LogP contribution in [0.3, 0.4) is 0 Å². The quantitative estimate of drug-likeness (QED) is 0.864. The maximum Gasteiger partial charge on any atom is 0.338 e. The van der Waals surface area contributed by atoms with E-state index in [9.17, 15) is 9.18 Å². The molecule has 0 atom stereocenters. The highest BCUT2D eigenvalue weighted by molar-refractivity contribution is 7.98.